The summed E-state index contributed by atoms with van der Waals surface area (Å²) in [5.41, 5.74) is 1.24. The smallest absolute Gasteiger partial charge is 0.321 e. The monoisotopic (exact) mass is 256 g/mol. The van der Waals surface area contributed by atoms with Crippen molar-refractivity contribution < 1.29 is 9.53 Å². The van der Waals surface area contributed by atoms with Crippen molar-refractivity contribution >= 4 is 21.9 Å². The predicted molar refractivity (Wildman–Crippen MR) is 60.0 cm³/mol. The van der Waals surface area contributed by atoms with Crippen LogP contribution in [0.1, 0.15) is 25.3 Å². The quantitative estimate of drug-likeness (QED) is 0.472. The fraction of sp³-hybridized carbons (Fsp3) is 0.364. The Bertz CT molecular complexity index is 304. The first-order valence-electron chi connectivity index (χ1n) is 4.50. The number of halogens is 1. The summed E-state index contributed by atoms with van der Waals surface area (Å²) in [7, 11) is 0. The predicted octanol–water partition coefficient (Wildman–Crippen LogP) is 3.11. The largest absolute Gasteiger partial charge is 0.426 e. The molecule has 0 amide bonds. The third-order valence-corrected chi connectivity index (χ3v) is 2.35. The highest BCUT2D eigenvalue weighted by atomic mass is 79.9. The van der Waals surface area contributed by atoms with Gasteiger partial charge in [0.25, 0.3) is 0 Å². The molecule has 3 heteroatoms. The van der Waals surface area contributed by atoms with Crippen LogP contribution in [0.3, 0.4) is 0 Å². The number of hydrogen-bond donors (Lipinski definition) is 0. The topological polar surface area (TPSA) is 26.3 Å². The van der Waals surface area contributed by atoms with Crippen molar-refractivity contribution in [2.75, 3.05) is 5.33 Å². The van der Waals surface area contributed by atoms with E-state index in [2.05, 4.69) is 29.8 Å². The fourth-order valence-corrected chi connectivity index (χ4v) is 1.19. The zero-order valence-corrected chi connectivity index (χ0v) is 9.87. The minimum absolute atomic E-state index is 0.221. The third-order valence-electron chi connectivity index (χ3n) is 1.89. The second kappa shape index (κ2) is 5.15. The van der Waals surface area contributed by atoms with E-state index in [-0.39, 0.29) is 11.3 Å². The Hall–Kier alpha value is -0.830. The molecule has 0 fully saturated rings. The number of rotatable bonds is 3. The van der Waals surface area contributed by atoms with Gasteiger partial charge in [-0.2, -0.15) is 0 Å². The van der Waals surface area contributed by atoms with Gasteiger partial charge in [0.1, 0.15) is 11.1 Å². The molecule has 0 saturated carbocycles. The second-order valence-electron chi connectivity index (χ2n) is 3.33. The normalized spacial score (nSPS) is 10.3. The van der Waals surface area contributed by atoms with E-state index in [4.69, 9.17) is 4.74 Å². The molecule has 1 aromatic carbocycles. The Morgan fingerprint density at radius 1 is 1.36 bits per heavy atom. The van der Waals surface area contributed by atoms with Gasteiger partial charge in [0, 0.05) is 0 Å². The maximum absolute atomic E-state index is 10.9. The summed E-state index contributed by atoms with van der Waals surface area (Å²) in [5, 5.41) is 0.221. The molecule has 0 atom stereocenters. The summed E-state index contributed by atoms with van der Waals surface area (Å²) in [4.78, 5) is 10.9. The maximum Gasteiger partial charge on any atom is 0.321 e. The molecule has 0 aromatic heterocycles. The summed E-state index contributed by atoms with van der Waals surface area (Å²) in [6.45, 7) is 4.25. The van der Waals surface area contributed by atoms with Gasteiger partial charge in [-0.1, -0.05) is 41.9 Å². The standard InChI is InChI=1S/C11H13BrO2/c1-8(2)9-3-5-10(6-4-9)14-11(13)7-12/h3-6,8H,7H2,1-2H3. The van der Waals surface area contributed by atoms with Crippen LogP contribution in [0.2, 0.25) is 0 Å². The second-order valence-corrected chi connectivity index (χ2v) is 3.89. The maximum atomic E-state index is 10.9. The molecule has 1 aromatic rings. The Morgan fingerprint density at radius 3 is 2.36 bits per heavy atom. The van der Waals surface area contributed by atoms with E-state index in [9.17, 15) is 4.79 Å². The fourth-order valence-electron chi connectivity index (χ4n) is 1.08. The average Bonchev–Trinajstić information content (AvgIpc) is 2.18. The SMILES string of the molecule is CC(C)c1ccc(OC(=O)CBr)cc1. The van der Waals surface area contributed by atoms with E-state index in [1.807, 2.05) is 24.3 Å². The lowest BCUT2D eigenvalue weighted by Crippen LogP contribution is -2.08. The van der Waals surface area contributed by atoms with E-state index in [0.717, 1.165) is 0 Å². The highest BCUT2D eigenvalue weighted by Gasteiger charge is 2.03. The van der Waals surface area contributed by atoms with Gasteiger partial charge in [0.2, 0.25) is 0 Å². The molecule has 1 rings (SSSR count). The summed E-state index contributed by atoms with van der Waals surface area (Å²) < 4.78 is 5.01. The zero-order chi connectivity index (χ0) is 10.6. The van der Waals surface area contributed by atoms with E-state index in [1.165, 1.54) is 5.56 Å². The van der Waals surface area contributed by atoms with E-state index in [0.29, 0.717) is 11.7 Å². The number of carbonyl (C=O) groups is 1. The van der Waals surface area contributed by atoms with Crippen LogP contribution in [0, 0.1) is 0 Å². The van der Waals surface area contributed by atoms with Gasteiger partial charge in [-0.3, -0.25) is 4.79 Å². The summed E-state index contributed by atoms with van der Waals surface area (Å²) >= 11 is 3.04. The Morgan fingerprint density at radius 2 is 1.93 bits per heavy atom. The van der Waals surface area contributed by atoms with Crippen LogP contribution in [-0.4, -0.2) is 11.3 Å². The van der Waals surface area contributed by atoms with Crippen molar-refractivity contribution in [1.29, 1.82) is 0 Å². The van der Waals surface area contributed by atoms with Crippen LogP contribution >= 0.6 is 15.9 Å². The average molecular weight is 257 g/mol. The van der Waals surface area contributed by atoms with Crippen LogP contribution in [0.25, 0.3) is 0 Å². The van der Waals surface area contributed by atoms with Gasteiger partial charge < -0.3 is 4.74 Å². The molecule has 0 aliphatic rings. The van der Waals surface area contributed by atoms with Crippen LogP contribution in [0.4, 0.5) is 0 Å². The van der Waals surface area contributed by atoms with Gasteiger partial charge in [0.15, 0.2) is 0 Å². The van der Waals surface area contributed by atoms with Crippen molar-refractivity contribution in [3.05, 3.63) is 29.8 Å². The molecule has 0 bridgehead atoms. The van der Waals surface area contributed by atoms with Gasteiger partial charge in [-0.05, 0) is 23.6 Å². The molecule has 0 saturated heterocycles. The summed E-state index contributed by atoms with van der Waals surface area (Å²) in [6, 6.07) is 7.58. The number of alkyl halides is 1. The van der Waals surface area contributed by atoms with Gasteiger partial charge in [0.05, 0.1) is 0 Å². The molecule has 0 aliphatic carbocycles. The van der Waals surface area contributed by atoms with Gasteiger partial charge >= 0.3 is 5.97 Å². The lowest BCUT2D eigenvalue weighted by Gasteiger charge is -2.06. The number of esters is 1. The molecule has 0 unspecified atom stereocenters. The van der Waals surface area contributed by atoms with Crippen LogP contribution in [-0.2, 0) is 4.79 Å². The molecule has 2 nitrogen and oxygen atoms in total. The molecule has 0 heterocycles. The third kappa shape index (κ3) is 3.14. The number of ether oxygens (including phenoxy) is 1. The Kier molecular flexibility index (Phi) is 4.14. The molecular weight excluding hydrogens is 244 g/mol. The molecule has 0 spiro atoms. The summed E-state index contributed by atoms with van der Waals surface area (Å²) in [6.07, 6.45) is 0. The molecule has 14 heavy (non-hydrogen) atoms. The van der Waals surface area contributed by atoms with Crippen LogP contribution < -0.4 is 4.74 Å². The Labute approximate surface area is 92.4 Å². The van der Waals surface area contributed by atoms with E-state index >= 15 is 0 Å². The van der Waals surface area contributed by atoms with Gasteiger partial charge in [-0.15, -0.1) is 0 Å². The minimum atomic E-state index is -0.276. The molecule has 0 radical (unpaired) electrons. The van der Waals surface area contributed by atoms with Gasteiger partial charge in [-0.25, -0.2) is 0 Å². The molecular formula is C11H13BrO2. The number of benzene rings is 1. The molecule has 0 N–H and O–H groups in total. The minimum Gasteiger partial charge on any atom is -0.426 e. The van der Waals surface area contributed by atoms with Crippen molar-refractivity contribution in [2.45, 2.75) is 19.8 Å². The Balaban J connectivity index is 2.69. The number of hydrogen-bond acceptors (Lipinski definition) is 2. The lowest BCUT2D eigenvalue weighted by molar-refractivity contribution is -0.131. The van der Waals surface area contributed by atoms with Crippen molar-refractivity contribution in [1.82, 2.24) is 0 Å². The van der Waals surface area contributed by atoms with Crippen molar-refractivity contribution in [2.24, 2.45) is 0 Å². The van der Waals surface area contributed by atoms with Crippen molar-refractivity contribution in [3.8, 4) is 5.75 Å². The molecule has 0 aliphatic heterocycles. The highest BCUT2D eigenvalue weighted by molar-refractivity contribution is 9.09. The summed E-state index contributed by atoms with van der Waals surface area (Å²) in [5.74, 6) is 0.817. The van der Waals surface area contributed by atoms with Crippen molar-refractivity contribution in [3.63, 3.8) is 0 Å². The molecule has 76 valence electrons. The first kappa shape index (κ1) is 11.2. The number of carbonyl (C=O) groups excluding carboxylic acids is 1. The highest BCUT2D eigenvalue weighted by Crippen LogP contribution is 2.18. The first-order chi connectivity index (χ1) is 6.63. The van der Waals surface area contributed by atoms with E-state index < -0.39 is 0 Å². The van der Waals surface area contributed by atoms with E-state index in [1.54, 1.807) is 0 Å². The first-order valence-corrected chi connectivity index (χ1v) is 5.62. The lowest BCUT2D eigenvalue weighted by atomic mass is 10.0. The van der Waals surface area contributed by atoms with Crippen LogP contribution in [0.5, 0.6) is 5.75 Å². The van der Waals surface area contributed by atoms with Crippen LogP contribution in [0.15, 0.2) is 24.3 Å². The zero-order valence-electron chi connectivity index (χ0n) is 8.29.